The summed E-state index contributed by atoms with van der Waals surface area (Å²) in [6.07, 6.45) is 1.08. The summed E-state index contributed by atoms with van der Waals surface area (Å²) < 4.78 is 27.5. The van der Waals surface area contributed by atoms with E-state index in [9.17, 15) is 8.78 Å². The van der Waals surface area contributed by atoms with Crippen LogP contribution in [-0.2, 0) is 5.92 Å². The molecule has 0 heterocycles. The summed E-state index contributed by atoms with van der Waals surface area (Å²) in [5.41, 5.74) is 4.98. The Balaban J connectivity index is 2.20. The summed E-state index contributed by atoms with van der Waals surface area (Å²) in [7, 11) is 0. The van der Waals surface area contributed by atoms with Crippen molar-refractivity contribution in [2.45, 2.75) is 30.7 Å². The van der Waals surface area contributed by atoms with Crippen molar-refractivity contribution < 1.29 is 8.78 Å². The number of benzene rings is 1. The molecule has 1 aliphatic carbocycles. The van der Waals surface area contributed by atoms with Gasteiger partial charge in [-0.1, -0.05) is 23.7 Å². The standard InChI is InChI=1S/C11H12ClF2N/c12-9-3-1-2-8(6-9)11(13,14)7-10(15)4-5-10/h1-3,6H,4-5,7,15H2. The lowest BCUT2D eigenvalue weighted by molar-refractivity contribution is -0.0223. The first-order valence-corrected chi connectivity index (χ1v) is 5.22. The number of halogens is 3. The molecule has 4 heteroatoms. The first-order valence-electron chi connectivity index (χ1n) is 4.84. The molecule has 0 amide bonds. The molecule has 0 atom stereocenters. The third-order valence-electron chi connectivity index (χ3n) is 2.71. The fourth-order valence-corrected chi connectivity index (χ4v) is 1.79. The second-order valence-electron chi connectivity index (χ2n) is 4.25. The summed E-state index contributed by atoms with van der Waals surface area (Å²) in [5, 5.41) is 0.328. The smallest absolute Gasteiger partial charge is 0.275 e. The number of alkyl halides is 2. The van der Waals surface area contributed by atoms with E-state index in [0.717, 1.165) is 0 Å². The third-order valence-corrected chi connectivity index (χ3v) is 2.95. The van der Waals surface area contributed by atoms with Gasteiger partial charge in [-0.05, 0) is 25.0 Å². The minimum atomic E-state index is -2.88. The summed E-state index contributed by atoms with van der Waals surface area (Å²) in [6, 6.07) is 5.79. The van der Waals surface area contributed by atoms with E-state index in [2.05, 4.69) is 0 Å². The van der Waals surface area contributed by atoms with E-state index in [4.69, 9.17) is 17.3 Å². The Morgan fingerprint density at radius 3 is 2.60 bits per heavy atom. The maximum Gasteiger partial charge on any atom is 0.275 e. The molecule has 1 aliphatic rings. The van der Waals surface area contributed by atoms with Gasteiger partial charge in [0, 0.05) is 22.5 Å². The summed E-state index contributed by atoms with van der Waals surface area (Å²) in [4.78, 5) is 0. The Hall–Kier alpha value is -0.670. The lowest BCUT2D eigenvalue weighted by atomic mass is 10.00. The summed E-state index contributed by atoms with van der Waals surface area (Å²) in [6.45, 7) is 0. The van der Waals surface area contributed by atoms with E-state index in [0.29, 0.717) is 17.9 Å². The van der Waals surface area contributed by atoms with Gasteiger partial charge in [0.25, 0.3) is 5.92 Å². The van der Waals surface area contributed by atoms with Crippen LogP contribution in [0.15, 0.2) is 24.3 Å². The summed E-state index contributed by atoms with van der Waals surface area (Å²) >= 11 is 5.67. The van der Waals surface area contributed by atoms with Crippen LogP contribution in [0, 0.1) is 0 Å². The Morgan fingerprint density at radius 2 is 2.07 bits per heavy atom. The molecule has 0 spiro atoms. The van der Waals surface area contributed by atoms with Crippen LogP contribution in [0.1, 0.15) is 24.8 Å². The lowest BCUT2D eigenvalue weighted by Gasteiger charge is -2.20. The van der Waals surface area contributed by atoms with Crippen LogP contribution in [0.25, 0.3) is 0 Å². The van der Waals surface area contributed by atoms with Gasteiger partial charge in [-0.15, -0.1) is 0 Å². The third kappa shape index (κ3) is 2.47. The zero-order chi connectivity index (χ0) is 11.1. The molecule has 1 fully saturated rings. The zero-order valence-corrected chi connectivity index (χ0v) is 8.90. The lowest BCUT2D eigenvalue weighted by Crippen LogP contribution is -2.30. The van der Waals surface area contributed by atoms with Gasteiger partial charge in [0.1, 0.15) is 0 Å². The quantitative estimate of drug-likeness (QED) is 0.849. The van der Waals surface area contributed by atoms with E-state index in [1.54, 1.807) is 6.07 Å². The fourth-order valence-electron chi connectivity index (χ4n) is 1.60. The van der Waals surface area contributed by atoms with Crippen molar-refractivity contribution in [3.8, 4) is 0 Å². The first-order chi connectivity index (χ1) is 6.91. The molecule has 0 unspecified atom stereocenters. The monoisotopic (exact) mass is 231 g/mol. The Morgan fingerprint density at radius 1 is 1.40 bits per heavy atom. The predicted octanol–water partition coefficient (Wildman–Crippen LogP) is 3.31. The Bertz CT molecular complexity index is 375. The SMILES string of the molecule is NC1(CC(F)(F)c2cccc(Cl)c2)CC1. The van der Waals surface area contributed by atoms with Crippen molar-refractivity contribution in [1.29, 1.82) is 0 Å². The van der Waals surface area contributed by atoms with E-state index in [-0.39, 0.29) is 12.0 Å². The van der Waals surface area contributed by atoms with Gasteiger partial charge in [-0.2, -0.15) is 0 Å². The normalized spacial score (nSPS) is 18.9. The second kappa shape index (κ2) is 3.42. The Kier molecular flexibility index (Phi) is 2.47. The number of nitrogens with two attached hydrogens (primary N) is 1. The Labute approximate surface area is 92.2 Å². The van der Waals surface area contributed by atoms with E-state index in [1.165, 1.54) is 18.2 Å². The van der Waals surface area contributed by atoms with Crippen molar-refractivity contribution >= 4 is 11.6 Å². The number of rotatable bonds is 3. The molecule has 1 saturated carbocycles. The van der Waals surface area contributed by atoms with Crippen LogP contribution >= 0.6 is 11.6 Å². The highest BCUT2D eigenvalue weighted by Crippen LogP contribution is 2.45. The van der Waals surface area contributed by atoms with Crippen molar-refractivity contribution in [3.05, 3.63) is 34.9 Å². The molecular formula is C11H12ClF2N. The topological polar surface area (TPSA) is 26.0 Å². The fraction of sp³-hybridized carbons (Fsp3) is 0.455. The minimum Gasteiger partial charge on any atom is -0.325 e. The molecule has 15 heavy (non-hydrogen) atoms. The average Bonchev–Trinajstić information content (AvgIpc) is 2.82. The highest BCUT2D eigenvalue weighted by molar-refractivity contribution is 6.30. The molecule has 2 rings (SSSR count). The average molecular weight is 232 g/mol. The minimum absolute atomic E-state index is 0.0493. The van der Waals surface area contributed by atoms with Gasteiger partial charge in [0.05, 0.1) is 0 Å². The van der Waals surface area contributed by atoms with Crippen LogP contribution < -0.4 is 5.73 Å². The van der Waals surface area contributed by atoms with Crippen LogP contribution in [-0.4, -0.2) is 5.54 Å². The molecule has 0 saturated heterocycles. The van der Waals surface area contributed by atoms with E-state index >= 15 is 0 Å². The maximum absolute atomic E-state index is 13.7. The molecule has 1 nitrogen and oxygen atoms in total. The van der Waals surface area contributed by atoms with Crippen LogP contribution in [0.5, 0.6) is 0 Å². The largest absolute Gasteiger partial charge is 0.325 e. The molecule has 0 bridgehead atoms. The predicted molar refractivity (Wildman–Crippen MR) is 56.1 cm³/mol. The zero-order valence-electron chi connectivity index (χ0n) is 8.14. The van der Waals surface area contributed by atoms with Gasteiger partial charge in [0.2, 0.25) is 0 Å². The molecule has 0 aliphatic heterocycles. The van der Waals surface area contributed by atoms with Crippen LogP contribution in [0.3, 0.4) is 0 Å². The van der Waals surface area contributed by atoms with Crippen molar-refractivity contribution in [2.75, 3.05) is 0 Å². The first kappa shape index (κ1) is 10.8. The molecule has 1 aromatic carbocycles. The molecular weight excluding hydrogens is 220 g/mol. The summed E-state index contributed by atoms with van der Waals surface area (Å²) in [5.74, 6) is -2.88. The second-order valence-corrected chi connectivity index (χ2v) is 4.69. The van der Waals surface area contributed by atoms with Crippen LogP contribution in [0.2, 0.25) is 5.02 Å². The van der Waals surface area contributed by atoms with Crippen LogP contribution in [0.4, 0.5) is 8.78 Å². The molecule has 0 radical (unpaired) electrons. The van der Waals surface area contributed by atoms with Gasteiger partial charge in [-0.3, -0.25) is 0 Å². The van der Waals surface area contributed by atoms with Gasteiger partial charge >= 0.3 is 0 Å². The molecule has 82 valence electrons. The van der Waals surface area contributed by atoms with Gasteiger partial charge < -0.3 is 5.73 Å². The maximum atomic E-state index is 13.7. The molecule has 1 aromatic rings. The van der Waals surface area contributed by atoms with Crippen molar-refractivity contribution in [2.24, 2.45) is 5.73 Å². The van der Waals surface area contributed by atoms with Gasteiger partial charge in [0.15, 0.2) is 0 Å². The highest BCUT2D eigenvalue weighted by Gasteiger charge is 2.48. The number of hydrogen-bond donors (Lipinski definition) is 1. The number of hydrogen-bond acceptors (Lipinski definition) is 1. The van der Waals surface area contributed by atoms with E-state index in [1.807, 2.05) is 0 Å². The molecule has 2 N–H and O–H groups in total. The van der Waals surface area contributed by atoms with Gasteiger partial charge in [-0.25, -0.2) is 8.78 Å². The molecule has 0 aromatic heterocycles. The van der Waals surface area contributed by atoms with E-state index < -0.39 is 11.5 Å². The highest BCUT2D eigenvalue weighted by atomic mass is 35.5. The van der Waals surface area contributed by atoms with Crippen molar-refractivity contribution in [1.82, 2.24) is 0 Å². The van der Waals surface area contributed by atoms with Crippen molar-refractivity contribution in [3.63, 3.8) is 0 Å².